The molecule has 0 amide bonds. The van der Waals surface area contributed by atoms with E-state index in [0.29, 0.717) is 6.42 Å². The van der Waals surface area contributed by atoms with E-state index in [0.717, 1.165) is 16.7 Å². The molecule has 0 heterocycles. The van der Waals surface area contributed by atoms with Gasteiger partial charge in [0.25, 0.3) is 0 Å². The zero-order chi connectivity index (χ0) is 9.42. The number of carbonyl (C=O) groups excluding carboxylic acids is 1. The molecule has 0 unspecified atom stereocenters. The Bertz CT molecular complexity index is 405. The summed E-state index contributed by atoms with van der Waals surface area (Å²) in [4.78, 5) is 11.0. The molecule has 2 heteroatoms. The van der Waals surface area contributed by atoms with Crippen molar-refractivity contribution >= 4 is 11.9 Å². The molecule has 1 aliphatic rings. The van der Waals surface area contributed by atoms with Gasteiger partial charge in [-0.2, -0.15) is 0 Å². The lowest BCUT2D eigenvalue weighted by atomic mass is 10.1. The van der Waals surface area contributed by atoms with Crippen molar-refractivity contribution in [2.75, 3.05) is 0 Å². The van der Waals surface area contributed by atoms with Gasteiger partial charge in [0.1, 0.15) is 5.82 Å². The van der Waals surface area contributed by atoms with E-state index in [-0.39, 0.29) is 11.6 Å². The first kappa shape index (κ1) is 8.17. The van der Waals surface area contributed by atoms with Gasteiger partial charge in [0.15, 0.2) is 5.78 Å². The molecule has 1 aliphatic carbocycles. The highest BCUT2D eigenvalue weighted by atomic mass is 19.1. The van der Waals surface area contributed by atoms with Crippen molar-refractivity contribution in [3.8, 4) is 0 Å². The molecule has 0 aliphatic heterocycles. The van der Waals surface area contributed by atoms with Crippen molar-refractivity contribution in [1.82, 2.24) is 0 Å². The van der Waals surface area contributed by atoms with Gasteiger partial charge in [-0.05, 0) is 41.8 Å². The number of halogens is 1. The summed E-state index contributed by atoms with van der Waals surface area (Å²) < 4.78 is 12.8. The molecule has 0 aromatic heterocycles. The van der Waals surface area contributed by atoms with Gasteiger partial charge in [-0.1, -0.05) is 6.07 Å². The largest absolute Gasteiger partial charge is 0.295 e. The monoisotopic (exact) mass is 176 g/mol. The molecule has 0 fully saturated rings. The van der Waals surface area contributed by atoms with Crippen LogP contribution in [0.3, 0.4) is 0 Å². The van der Waals surface area contributed by atoms with Crippen molar-refractivity contribution < 1.29 is 9.18 Å². The third-order valence-electron chi connectivity index (χ3n) is 2.27. The molecule has 0 N–H and O–H groups in total. The fourth-order valence-electron chi connectivity index (χ4n) is 1.53. The van der Waals surface area contributed by atoms with Crippen molar-refractivity contribution in [3.63, 3.8) is 0 Å². The maximum atomic E-state index is 12.8. The highest BCUT2D eigenvalue weighted by Gasteiger charge is 2.15. The van der Waals surface area contributed by atoms with Crippen LogP contribution in [0.25, 0.3) is 6.08 Å². The highest BCUT2D eigenvalue weighted by molar-refractivity contribution is 6.00. The summed E-state index contributed by atoms with van der Waals surface area (Å²) in [5.41, 5.74) is 2.64. The predicted molar refractivity (Wildman–Crippen MR) is 48.8 cm³/mol. The summed E-state index contributed by atoms with van der Waals surface area (Å²) in [6, 6.07) is 4.62. The molecule has 1 nitrogen and oxygen atoms in total. The molecule has 1 aromatic rings. The van der Waals surface area contributed by atoms with E-state index in [1.54, 1.807) is 12.1 Å². The molecule has 13 heavy (non-hydrogen) atoms. The summed E-state index contributed by atoms with van der Waals surface area (Å²) in [6.07, 6.45) is 2.41. The normalized spacial score (nSPS) is 13.8. The van der Waals surface area contributed by atoms with Crippen molar-refractivity contribution in [1.29, 1.82) is 0 Å². The zero-order valence-corrected chi connectivity index (χ0v) is 7.30. The van der Waals surface area contributed by atoms with Crippen LogP contribution in [0.15, 0.2) is 23.8 Å². The molecular formula is C11H9FO. The molecule has 0 spiro atoms. The number of allylic oxidation sites excluding steroid dienone is 1. The Hall–Kier alpha value is -1.44. The summed E-state index contributed by atoms with van der Waals surface area (Å²) in [7, 11) is 0. The minimum Gasteiger partial charge on any atom is -0.295 e. The van der Waals surface area contributed by atoms with E-state index in [2.05, 4.69) is 0 Å². The Morgan fingerprint density at radius 1 is 1.46 bits per heavy atom. The molecule has 1 aromatic carbocycles. The Morgan fingerprint density at radius 2 is 2.23 bits per heavy atom. The van der Waals surface area contributed by atoms with Gasteiger partial charge in [0.2, 0.25) is 0 Å². The van der Waals surface area contributed by atoms with Crippen molar-refractivity contribution in [2.45, 2.75) is 13.3 Å². The molecule has 0 radical (unpaired) electrons. The van der Waals surface area contributed by atoms with Gasteiger partial charge in [0, 0.05) is 6.42 Å². The SMILES string of the molecule is CC(=O)C1=Cc2cc(F)ccc2C1. The Balaban J connectivity index is 2.43. The van der Waals surface area contributed by atoms with E-state index in [1.165, 1.54) is 19.1 Å². The fourth-order valence-corrected chi connectivity index (χ4v) is 1.53. The van der Waals surface area contributed by atoms with Gasteiger partial charge in [-0.3, -0.25) is 4.79 Å². The van der Waals surface area contributed by atoms with E-state index in [9.17, 15) is 9.18 Å². The van der Waals surface area contributed by atoms with Crippen LogP contribution in [0.4, 0.5) is 4.39 Å². The van der Waals surface area contributed by atoms with Crippen LogP contribution >= 0.6 is 0 Å². The highest BCUT2D eigenvalue weighted by Crippen LogP contribution is 2.25. The molecule has 0 bridgehead atoms. The number of Topliss-reactive ketones (excluding diaryl/α,β-unsaturated/α-hetero) is 1. The van der Waals surface area contributed by atoms with E-state index < -0.39 is 0 Å². The number of hydrogen-bond acceptors (Lipinski definition) is 1. The van der Waals surface area contributed by atoms with Crippen molar-refractivity contribution in [3.05, 3.63) is 40.7 Å². The second-order valence-electron chi connectivity index (χ2n) is 3.25. The predicted octanol–water partition coefficient (Wildman–Crippen LogP) is 2.35. The van der Waals surface area contributed by atoms with Gasteiger partial charge in [-0.15, -0.1) is 0 Å². The average molecular weight is 176 g/mol. The number of benzene rings is 1. The lowest BCUT2D eigenvalue weighted by Gasteiger charge is -1.96. The maximum Gasteiger partial charge on any atom is 0.156 e. The van der Waals surface area contributed by atoms with Gasteiger partial charge in [-0.25, -0.2) is 4.39 Å². The summed E-state index contributed by atoms with van der Waals surface area (Å²) in [6.45, 7) is 1.54. The van der Waals surface area contributed by atoms with Crippen LogP contribution < -0.4 is 0 Å². The van der Waals surface area contributed by atoms with E-state index in [4.69, 9.17) is 0 Å². The standard InChI is InChI=1S/C11H9FO/c1-7(13)9-4-8-2-3-11(12)6-10(8)5-9/h2-3,5-6H,4H2,1H3. The second-order valence-corrected chi connectivity index (χ2v) is 3.25. The molecular weight excluding hydrogens is 167 g/mol. The average Bonchev–Trinajstić information content (AvgIpc) is 2.46. The van der Waals surface area contributed by atoms with Crippen molar-refractivity contribution in [2.24, 2.45) is 0 Å². The Kier molecular flexibility index (Phi) is 1.76. The van der Waals surface area contributed by atoms with Crippen LogP contribution in [0.5, 0.6) is 0 Å². The third-order valence-corrected chi connectivity index (χ3v) is 2.27. The smallest absolute Gasteiger partial charge is 0.156 e. The number of carbonyl (C=O) groups is 1. The summed E-state index contributed by atoms with van der Waals surface area (Å²) in [5.74, 6) is -0.184. The first-order valence-corrected chi connectivity index (χ1v) is 4.17. The topological polar surface area (TPSA) is 17.1 Å². The maximum absolute atomic E-state index is 12.8. The quantitative estimate of drug-likeness (QED) is 0.642. The van der Waals surface area contributed by atoms with Crippen LogP contribution in [0.1, 0.15) is 18.1 Å². The van der Waals surface area contributed by atoms with Crippen LogP contribution in [-0.2, 0) is 11.2 Å². The number of rotatable bonds is 1. The third kappa shape index (κ3) is 1.39. The number of ketones is 1. The Labute approximate surface area is 75.9 Å². The molecule has 0 atom stereocenters. The van der Waals surface area contributed by atoms with Crippen LogP contribution in [0.2, 0.25) is 0 Å². The first-order valence-electron chi connectivity index (χ1n) is 4.17. The van der Waals surface area contributed by atoms with Gasteiger partial charge >= 0.3 is 0 Å². The molecule has 2 rings (SSSR count). The van der Waals surface area contributed by atoms with Gasteiger partial charge < -0.3 is 0 Å². The lowest BCUT2D eigenvalue weighted by Crippen LogP contribution is -1.95. The van der Waals surface area contributed by atoms with Gasteiger partial charge in [0.05, 0.1) is 0 Å². The number of fused-ring (bicyclic) bond motifs is 1. The van der Waals surface area contributed by atoms with Crippen LogP contribution in [-0.4, -0.2) is 5.78 Å². The second kappa shape index (κ2) is 2.80. The van der Waals surface area contributed by atoms with E-state index in [1.807, 2.05) is 0 Å². The molecule has 66 valence electrons. The summed E-state index contributed by atoms with van der Waals surface area (Å²) >= 11 is 0. The van der Waals surface area contributed by atoms with Crippen LogP contribution in [0, 0.1) is 5.82 Å². The molecule has 0 saturated heterocycles. The first-order chi connectivity index (χ1) is 6.16. The lowest BCUT2D eigenvalue weighted by molar-refractivity contribution is -0.113. The zero-order valence-electron chi connectivity index (χ0n) is 7.30. The van der Waals surface area contributed by atoms with E-state index >= 15 is 0 Å². The fraction of sp³-hybridized carbons (Fsp3) is 0.182. The number of hydrogen-bond donors (Lipinski definition) is 0. The minimum absolute atomic E-state index is 0.0663. The molecule has 0 saturated carbocycles. The Morgan fingerprint density at radius 3 is 2.92 bits per heavy atom. The minimum atomic E-state index is -0.250. The summed E-state index contributed by atoms with van der Waals surface area (Å²) in [5, 5.41) is 0.